The van der Waals surface area contributed by atoms with Gasteiger partial charge < -0.3 is 95.0 Å². The topological polar surface area (TPSA) is 510 Å². The summed E-state index contributed by atoms with van der Waals surface area (Å²) in [5, 5.41) is 51.5. The summed E-state index contributed by atoms with van der Waals surface area (Å²) in [7, 11) is 0. The normalized spacial score (nSPS) is 7.79. The van der Waals surface area contributed by atoms with E-state index in [9.17, 15) is 29.4 Å². The molecule has 0 fully saturated rings. The van der Waals surface area contributed by atoms with Crippen LogP contribution in [-0.4, -0.2) is 149 Å². The van der Waals surface area contributed by atoms with E-state index in [1.54, 1.807) is 0 Å². The molecule has 0 aliphatic heterocycles. The van der Waals surface area contributed by atoms with Crippen molar-refractivity contribution in [2.24, 2.45) is 0 Å². The largest absolute Gasteiger partial charge is 2.00 e. The molecule has 0 bridgehead atoms. The number of rotatable bonds is 6. The SMILES string of the molecule is O.O.O.O.O.O.O.O.O.O.O=C(O)CCC(=O)O.O=C([O-])C(O)C(O)C(=O)[O-].[Ca+2]. The summed E-state index contributed by atoms with van der Waals surface area (Å²) in [6.07, 6.45) is -5.47. The van der Waals surface area contributed by atoms with Crippen LogP contribution in [0.1, 0.15) is 12.8 Å². The predicted molar refractivity (Wildman–Crippen MR) is 88.4 cm³/mol. The molecule has 0 aliphatic rings. The van der Waals surface area contributed by atoms with Gasteiger partial charge in [-0.3, -0.25) is 9.59 Å². The van der Waals surface area contributed by atoms with Gasteiger partial charge >= 0.3 is 49.7 Å². The molecule has 29 heavy (non-hydrogen) atoms. The van der Waals surface area contributed by atoms with E-state index in [1.807, 2.05) is 0 Å². The van der Waals surface area contributed by atoms with Crippen LogP contribution in [0.3, 0.4) is 0 Å². The van der Waals surface area contributed by atoms with Gasteiger partial charge in [0.1, 0.15) is 12.2 Å². The van der Waals surface area contributed by atoms with E-state index in [0.717, 1.165) is 0 Å². The smallest absolute Gasteiger partial charge is 0.547 e. The molecule has 2 unspecified atom stereocenters. The number of aliphatic carboxylic acids is 4. The zero-order chi connectivity index (χ0) is 14.9. The molecule has 184 valence electrons. The van der Waals surface area contributed by atoms with Crippen LogP contribution in [-0.2, 0) is 19.2 Å². The molecule has 24 N–H and O–H groups in total. The van der Waals surface area contributed by atoms with Gasteiger partial charge in [-0.2, -0.15) is 0 Å². The average Bonchev–Trinajstić information content (AvgIpc) is 2.24. The predicted octanol–water partition coefficient (Wildman–Crippen LogP) is -13.5. The van der Waals surface area contributed by atoms with Crippen LogP contribution in [0.15, 0.2) is 0 Å². The van der Waals surface area contributed by atoms with Crippen molar-refractivity contribution in [3.63, 3.8) is 0 Å². The maximum Gasteiger partial charge on any atom is 2.00 e. The van der Waals surface area contributed by atoms with Crippen LogP contribution < -0.4 is 10.2 Å². The Hall–Kier alpha value is -1.34. The molecule has 2 atom stereocenters. The van der Waals surface area contributed by atoms with Gasteiger partial charge in [0.2, 0.25) is 0 Å². The Kier molecular flexibility index (Phi) is 159. The van der Waals surface area contributed by atoms with Gasteiger partial charge in [0.05, 0.1) is 24.8 Å². The van der Waals surface area contributed by atoms with Crippen LogP contribution in [0.2, 0.25) is 0 Å². The first kappa shape index (κ1) is 91.5. The molecule has 0 saturated carbocycles. The first-order valence-electron chi connectivity index (χ1n) is 4.31. The van der Waals surface area contributed by atoms with Crippen molar-refractivity contribution >= 4 is 61.6 Å². The number of carboxylic acid groups (broad SMARTS) is 4. The first-order chi connectivity index (χ1) is 8.09. The first-order valence-corrected chi connectivity index (χ1v) is 4.31. The van der Waals surface area contributed by atoms with Gasteiger partial charge in [0.25, 0.3) is 0 Å². The fraction of sp³-hybridized carbons (Fsp3) is 0.500. The van der Waals surface area contributed by atoms with Gasteiger partial charge in [-0.25, -0.2) is 0 Å². The van der Waals surface area contributed by atoms with Gasteiger partial charge in [-0.15, -0.1) is 0 Å². The zero-order valence-corrected chi connectivity index (χ0v) is 16.7. The number of carbonyl (C=O) groups is 4. The molecular weight excluding hydrogens is 456 g/mol. The molecule has 0 aromatic heterocycles. The Morgan fingerprint density at radius 2 is 0.690 bits per heavy atom. The van der Waals surface area contributed by atoms with Crippen molar-refractivity contribution in [3.8, 4) is 0 Å². The van der Waals surface area contributed by atoms with Crippen LogP contribution in [0, 0.1) is 0 Å². The summed E-state index contributed by atoms with van der Waals surface area (Å²) in [5.41, 5.74) is 0. The standard InChI is InChI=1S/C4H6O6.C4H6O4.Ca.10H2O/c5-1(3(7)8)2(6)4(9)10;5-3(6)1-2-4(7)8;;;;;;;;;;;/h1-2,5-6H,(H,7,8)(H,9,10);1-2H2,(H,5,6)(H,7,8);;10*1H2/q;;+2;;;;;;;;;;/p-2. The number of carboxylic acids is 4. The van der Waals surface area contributed by atoms with E-state index in [2.05, 4.69) is 0 Å². The average molecular weight is 486 g/mol. The molecule has 0 rings (SSSR count). The van der Waals surface area contributed by atoms with Crippen molar-refractivity contribution in [3.05, 3.63) is 0 Å². The van der Waals surface area contributed by atoms with Gasteiger partial charge in [-0.05, 0) is 0 Å². The summed E-state index contributed by atoms with van der Waals surface area (Å²) in [6.45, 7) is 0. The second-order valence-corrected chi connectivity index (χ2v) is 2.82. The molecule has 20 nitrogen and oxygen atoms in total. The quantitative estimate of drug-likeness (QED) is 0.256. The number of aliphatic hydroxyl groups excluding tert-OH is 2. The summed E-state index contributed by atoms with van der Waals surface area (Å²) in [6, 6.07) is 0. The maximum absolute atomic E-state index is 9.64. The Morgan fingerprint density at radius 1 is 0.552 bits per heavy atom. The minimum absolute atomic E-state index is 0. The molecule has 0 aromatic carbocycles. The molecule has 0 heterocycles. The van der Waals surface area contributed by atoms with Gasteiger partial charge in [0, 0.05) is 0 Å². The molecule has 0 amide bonds. The number of aliphatic hydroxyl groups is 2. The van der Waals surface area contributed by atoms with Crippen molar-refractivity contribution in [1.82, 2.24) is 0 Å². The van der Waals surface area contributed by atoms with Crippen LogP contribution in [0.5, 0.6) is 0 Å². The molecule has 0 aliphatic carbocycles. The number of hydrogen-bond donors (Lipinski definition) is 4. The van der Waals surface area contributed by atoms with Crippen LogP contribution in [0.25, 0.3) is 0 Å². The maximum atomic E-state index is 9.64. The molecule has 0 spiro atoms. The monoisotopic (exact) mass is 486 g/mol. The Labute approximate surface area is 191 Å². The van der Waals surface area contributed by atoms with E-state index in [1.165, 1.54) is 0 Å². The Bertz CT molecular complexity index is 302. The minimum Gasteiger partial charge on any atom is -0.547 e. The Morgan fingerprint density at radius 3 is 0.759 bits per heavy atom. The summed E-state index contributed by atoms with van der Waals surface area (Å²) in [4.78, 5) is 38.5. The third-order valence-electron chi connectivity index (χ3n) is 1.33. The van der Waals surface area contributed by atoms with E-state index >= 15 is 0 Å². The summed E-state index contributed by atoms with van der Waals surface area (Å²) >= 11 is 0. The molecule has 0 saturated heterocycles. The van der Waals surface area contributed by atoms with E-state index in [0.29, 0.717) is 0 Å². The van der Waals surface area contributed by atoms with Gasteiger partial charge in [0.15, 0.2) is 0 Å². The fourth-order valence-corrected chi connectivity index (χ4v) is 0.472. The second kappa shape index (κ2) is 50.4. The third kappa shape index (κ3) is 66.1. The summed E-state index contributed by atoms with van der Waals surface area (Å²) < 4.78 is 0. The number of carbonyl (C=O) groups excluding carboxylic acids is 2. The van der Waals surface area contributed by atoms with E-state index in [-0.39, 0.29) is 105 Å². The third-order valence-corrected chi connectivity index (χ3v) is 1.33. The summed E-state index contributed by atoms with van der Waals surface area (Å²) in [5.74, 6) is -6.27. The molecule has 0 aromatic rings. The second-order valence-electron chi connectivity index (χ2n) is 2.82. The zero-order valence-electron chi connectivity index (χ0n) is 14.5. The van der Waals surface area contributed by atoms with Crippen molar-refractivity contribution in [2.75, 3.05) is 0 Å². The number of hydrogen-bond acceptors (Lipinski definition) is 8. The van der Waals surface area contributed by atoms with Crippen molar-refractivity contribution < 1.29 is 105 Å². The molecular formula is C8H30CaO20. The minimum atomic E-state index is -2.44. The Balaban J connectivity index is -0.0000000117. The van der Waals surface area contributed by atoms with Gasteiger partial charge in [-0.1, -0.05) is 0 Å². The van der Waals surface area contributed by atoms with Crippen LogP contribution >= 0.6 is 0 Å². The van der Waals surface area contributed by atoms with Crippen molar-refractivity contribution in [2.45, 2.75) is 25.0 Å². The van der Waals surface area contributed by atoms with Crippen molar-refractivity contribution in [1.29, 1.82) is 0 Å². The molecule has 0 radical (unpaired) electrons. The fourth-order valence-electron chi connectivity index (χ4n) is 0.472. The van der Waals surface area contributed by atoms with E-state index in [4.69, 9.17) is 20.4 Å². The van der Waals surface area contributed by atoms with E-state index < -0.39 is 36.1 Å². The van der Waals surface area contributed by atoms with Crippen LogP contribution in [0.4, 0.5) is 0 Å². The molecule has 21 heteroatoms.